The molecule has 0 aliphatic heterocycles. The number of carboxylic acid groups (broad SMARTS) is 1. The number of hydrogen-bond donors (Lipinski definition) is 1. The van der Waals surface area contributed by atoms with Crippen LogP contribution in [-0.2, 0) is 11.2 Å². The van der Waals surface area contributed by atoms with Crippen LogP contribution in [0.2, 0.25) is 0 Å². The summed E-state index contributed by atoms with van der Waals surface area (Å²) in [5.74, 6) is 0. The third-order valence-electron chi connectivity index (χ3n) is 1.72. The first kappa shape index (κ1) is 10.5. The molecule has 1 heterocycles. The van der Waals surface area contributed by atoms with Crippen LogP contribution < -0.4 is 0 Å². The molecule has 0 unspecified atom stereocenters. The Morgan fingerprint density at radius 2 is 2.36 bits per heavy atom. The van der Waals surface area contributed by atoms with Crippen molar-refractivity contribution in [2.24, 2.45) is 0 Å². The minimum atomic E-state index is -1.25. The van der Waals surface area contributed by atoms with Crippen LogP contribution in [0.15, 0.2) is 24.5 Å². The SMILES string of the molecule is CC(C)(Cc1cccnc1)OC(=O)O. The summed E-state index contributed by atoms with van der Waals surface area (Å²) >= 11 is 0. The quantitative estimate of drug-likeness (QED) is 0.750. The molecule has 0 saturated heterocycles. The van der Waals surface area contributed by atoms with Crippen molar-refractivity contribution in [3.63, 3.8) is 0 Å². The Morgan fingerprint density at radius 1 is 1.64 bits per heavy atom. The molecule has 0 aromatic carbocycles. The van der Waals surface area contributed by atoms with Gasteiger partial charge >= 0.3 is 6.16 Å². The molecule has 0 fully saturated rings. The van der Waals surface area contributed by atoms with E-state index in [1.165, 1.54) is 0 Å². The highest BCUT2D eigenvalue weighted by Gasteiger charge is 2.22. The lowest BCUT2D eigenvalue weighted by Crippen LogP contribution is -2.29. The largest absolute Gasteiger partial charge is 0.506 e. The first-order chi connectivity index (χ1) is 6.49. The summed E-state index contributed by atoms with van der Waals surface area (Å²) < 4.78 is 4.73. The van der Waals surface area contributed by atoms with Crippen LogP contribution in [0, 0.1) is 0 Å². The zero-order valence-corrected chi connectivity index (χ0v) is 8.23. The Morgan fingerprint density at radius 3 is 2.86 bits per heavy atom. The van der Waals surface area contributed by atoms with Crippen molar-refractivity contribution in [3.8, 4) is 0 Å². The van der Waals surface area contributed by atoms with Gasteiger partial charge in [0, 0.05) is 18.8 Å². The van der Waals surface area contributed by atoms with Crippen molar-refractivity contribution in [2.75, 3.05) is 0 Å². The minimum absolute atomic E-state index is 0.521. The summed E-state index contributed by atoms with van der Waals surface area (Å²) in [6, 6.07) is 3.70. The number of pyridine rings is 1. The standard InChI is InChI=1S/C10H13NO3/c1-10(2,14-9(12)13)6-8-4-3-5-11-7-8/h3-5,7H,6H2,1-2H3,(H,12,13). The van der Waals surface area contributed by atoms with Crippen molar-refractivity contribution >= 4 is 6.16 Å². The van der Waals surface area contributed by atoms with Crippen LogP contribution >= 0.6 is 0 Å². The zero-order valence-electron chi connectivity index (χ0n) is 8.23. The lowest BCUT2D eigenvalue weighted by Gasteiger charge is -2.22. The smallest absolute Gasteiger partial charge is 0.450 e. The van der Waals surface area contributed by atoms with Crippen molar-refractivity contribution in [1.29, 1.82) is 0 Å². The Hall–Kier alpha value is -1.58. The maximum Gasteiger partial charge on any atom is 0.506 e. The van der Waals surface area contributed by atoms with Gasteiger partial charge in [0.2, 0.25) is 0 Å². The van der Waals surface area contributed by atoms with E-state index in [0.29, 0.717) is 6.42 Å². The third kappa shape index (κ3) is 3.43. The molecule has 14 heavy (non-hydrogen) atoms. The van der Waals surface area contributed by atoms with Gasteiger partial charge in [0.15, 0.2) is 0 Å². The van der Waals surface area contributed by atoms with Crippen LogP contribution in [0.25, 0.3) is 0 Å². The van der Waals surface area contributed by atoms with E-state index < -0.39 is 11.8 Å². The van der Waals surface area contributed by atoms with Crippen LogP contribution in [0.5, 0.6) is 0 Å². The van der Waals surface area contributed by atoms with Gasteiger partial charge in [-0.05, 0) is 25.5 Å². The highest BCUT2D eigenvalue weighted by atomic mass is 16.7. The van der Waals surface area contributed by atoms with E-state index in [9.17, 15) is 4.79 Å². The minimum Gasteiger partial charge on any atom is -0.450 e. The molecule has 1 N–H and O–H groups in total. The van der Waals surface area contributed by atoms with E-state index in [1.54, 1.807) is 26.2 Å². The molecule has 4 heteroatoms. The van der Waals surface area contributed by atoms with E-state index in [2.05, 4.69) is 4.98 Å². The number of rotatable bonds is 3. The molecule has 0 aliphatic rings. The number of ether oxygens (including phenoxy) is 1. The summed E-state index contributed by atoms with van der Waals surface area (Å²) in [6.07, 6.45) is 2.65. The number of nitrogens with zero attached hydrogens (tertiary/aromatic N) is 1. The Bertz CT molecular complexity index is 308. The molecular formula is C10H13NO3. The fourth-order valence-electron chi connectivity index (χ4n) is 1.27. The Kier molecular flexibility index (Phi) is 3.06. The molecule has 0 atom stereocenters. The van der Waals surface area contributed by atoms with Gasteiger partial charge in [0.25, 0.3) is 0 Å². The number of carbonyl (C=O) groups is 1. The lowest BCUT2D eigenvalue weighted by atomic mass is 10.00. The van der Waals surface area contributed by atoms with Crippen molar-refractivity contribution < 1.29 is 14.6 Å². The molecule has 1 rings (SSSR count). The van der Waals surface area contributed by atoms with Gasteiger partial charge in [-0.25, -0.2) is 4.79 Å². The Balaban J connectivity index is 2.63. The third-order valence-corrected chi connectivity index (χ3v) is 1.72. The van der Waals surface area contributed by atoms with Gasteiger partial charge < -0.3 is 9.84 Å². The second kappa shape index (κ2) is 4.09. The van der Waals surface area contributed by atoms with Gasteiger partial charge in [0.05, 0.1) is 0 Å². The van der Waals surface area contributed by atoms with Crippen molar-refractivity contribution in [2.45, 2.75) is 25.9 Å². The fraction of sp³-hybridized carbons (Fsp3) is 0.400. The van der Waals surface area contributed by atoms with Crippen molar-refractivity contribution in [1.82, 2.24) is 4.98 Å². The Labute approximate surface area is 82.5 Å². The average Bonchev–Trinajstić information content (AvgIpc) is 2.02. The van der Waals surface area contributed by atoms with Gasteiger partial charge in [-0.15, -0.1) is 0 Å². The molecule has 4 nitrogen and oxygen atoms in total. The van der Waals surface area contributed by atoms with Gasteiger partial charge in [-0.2, -0.15) is 0 Å². The van der Waals surface area contributed by atoms with E-state index in [0.717, 1.165) is 5.56 Å². The maximum absolute atomic E-state index is 10.4. The summed E-state index contributed by atoms with van der Waals surface area (Å²) in [4.78, 5) is 14.3. The predicted octanol–water partition coefficient (Wildman–Crippen LogP) is 2.10. The zero-order chi connectivity index (χ0) is 10.6. The molecule has 1 aromatic heterocycles. The average molecular weight is 195 g/mol. The number of hydrogen-bond acceptors (Lipinski definition) is 3. The number of aromatic nitrogens is 1. The second-order valence-corrected chi connectivity index (χ2v) is 3.67. The van der Waals surface area contributed by atoms with E-state index in [-0.39, 0.29) is 0 Å². The normalized spacial score (nSPS) is 11.0. The topological polar surface area (TPSA) is 59.4 Å². The molecule has 1 aromatic rings. The summed E-state index contributed by atoms with van der Waals surface area (Å²) in [5, 5.41) is 8.49. The van der Waals surface area contributed by atoms with Crippen LogP contribution in [0.3, 0.4) is 0 Å². The summed E-state index contributed by atoms with van der Waals surface area (Å²) in [5.41, 5.74) is 0.244. The van der Waals surface area contributed by atoms with Crippen LogP contribution in [0.1, 0.15) is 19.4 Å². The monoisotopic (exact) mass is 195 g/mol. The van der Waals surface area contributed by atoms with Gasteiger partial charge in [0.1, 0.15) is 5.60 Å². The molecule has 0 bridgehead atoms. The highest BCUT2D eigenvalue weighted by molar-refractivity contribution is 5.57. The predicted molar refractivity (Wildman–Crippen MR) is 51.1 cm³/mol. The van der Waals surface area contributed by atoms with E-state index in [4.69, 9.17) is 9.84 Å². The molecule has 0 aliphatic carbocycles. The molecular weight excluding hydrogens is 182 g/mol. The van der Waals surface area contributed by atoms with Gasteiger partial charge in [-0.1, -0.05) is 6.07 Å². The fourth-order valence-corrected chi connectivity index (χ4v) is 1.27. The first-order valence-corrected chi connectivity index (χ1v) is 4.30. The molecule has 0 saturated carbocycles. The maximum atomic E-state index is 10.4. The first-order valence-electron chi connectivity index (χ1n) is 4.30. The van der Waals surface area contributed by atoms with Gasteiger partial charge in [-0.3, -0.25) is 4.98 Å². The lowest BCUT2D eigenvalue weighted by molar-refractivity contribution is 0.00423. The summed E-state index contributed by atoms with van der Waals surface area (Å²) in [6.45, 7) is 3.46. The highest BCUT2D eigenvalue weighted by Crippen LogP contribution is 2.16. The molecule has 0 spiro atoms. The van der Waals surface area contributed by atoms with Crippen molar-refractivity contribution in [3.05, 3.63) is 30.1 Å². The molecule has 0 amide bonds. The van der Waals surface area contributed by atoms with E-state index in [1.807, 2.05) is 12.1 Å². The van der Waals surface area contributed by atoms with Crippen LogP contribution in [0.4, 0.5) is 4.79 Å². The molecule has 0 radical (unpaired) electrons. The molecule has 76 valence electrons. The van der Waals surface area contributed by atoms with Crippen LogP contribution in [-0.4, -0.2) is 21.8 Å². The summed E-state index contributed by atoms with van der Waals surface area (Å²) in [7, 11) is 0. The van der Waals surface area contributed by atoms with E-state index >= 15 is 0 Å². The second-order valence-electron chi connectivity index (χ2n) is 3.67.